The first-order chi connectivity index (χ1) is 12.5. The summed E-state index contributed by atoms with van der Waals surface area (Å²) in [5, 5.41) is 15.7. The second kappa shape index (κ2) is 7.23. The summed E-state index contributed by atoms with van der Waals surface area (Å²) in [5.41, 5.74) is 1.69. The monoisotopic (exact) mass is 350 g/mol. The molecule has 1 amide bonds. The third-order valence-corrected chi connectivity index (χ3v) is 4.19. The van der Waals surface area contributed by atoms with Crippen LogP contribution in [0.15, 0.2) is 54.6 Å². The Morgan fingerprint density at radius 1 is 1.08 bits per heavy atom. The van der Waals surface area contributed by atoms with Gasteiger partial charge in [0, 0.05) is 11.5 Å². The zero-order valence-electron chi connectivity index (χ0n) is 14.5. The van der Waals surface area contributed by atoms with E-state index in [0.29, 0.717) is 5.75 Å². The summed E-state index contributed by atoms with van der Waals surface area (Å²) in [6, 6.07) is 16.3. The number of benzene rings is 3. The predicted octanol–water partition coefficient (Wildman–Crippen LogP) is 4.38. The molecule has 0 aromatic heterocycles. The number of nitrogens with one attached hydrogen (secondary N) is 1. The first kappa shape index (κ1) is 17.4. The van der Waals surface area contributed by atoms with Gasteiger partial charge in [-0.3, -0.25) is 14.9 Å². The topological polar surface area (TPSA) is 81.5 Å². The van der Waals surface area contributed by atoms with Crippen molar-refractivity contribution in [3.8, 4) is 5.75 Å². The summed E-state index contributed by atoms with van der Waals surface area (Å²) in [5.74, 6) is 0.136. The second-order valence-corrected chi connectivity index (χ2v) is 6.02. The molecule has 0 radical (unpaired) electrons. The lowest BCUT2D eigenvalue weighted by atomic mass is 10.1. The van der Waals surface area contributed by atoms with Crippen molar-refractivity contribution in [1.29, 1.82) is 0 Å². The number of carbonyl (C=O) groups is 1. The zero-order valence-corrected chi connectivity index (χ0v) is 14.5. The van der Waals surface area contributed by atoms with E-state index >= 15 is 0 Å². The first-order valence-electron chi connectivity index (χ1n) is 8.12. The maximum Gasteiger partial charge on any atom is 0.293 e. The molecule has 6 heteroatoms. The standard InChI is InChI=1S/C20H18N2O4/c1-13-10-17(18(22(24)25)11-14(13)2)21-20(23)12-26-19-9-5-7-15-6-3-4-8-16(15)19/h3-11H,12H2,1-2H3,(H,21,23). The van der Waals surface area contributed by atoms with Crippen LogP contribution in [0.3, 0.4) is 0 Å². The summed E-state index contributed by atoms with van der Waals surface area (Å²) < 4.78 is 5.63. The molecule has 0 aliphatic heterocycles. The Kier molecular flexibility index (Phi) is 4.84. The third kappa shape index (κ3) is 3.64. The van der Waals surface area contributed by atoms with E-state index in [2.05, 4.69) is 5.32 Å². The molecule has 3 rings (SSSR count). The van der Waals surface area contributed by atoms with Gasteiger partial charge in [-0.1, -0.05) is 36.4 Å². The highest BCUT2D eigenvalue weighted by Crippen LogP contribution is 2.28. The minimum Gasteiger partial charge on any atom is -0.483 e. The smallest absolute Gasteiger partial charge is 0.293 e. The molecule has 0 bridgehead atoms. The lowest BCUT2D eigenvalue weighted by Crippen LogP contribution is -2.21. The number of nitro groups is 1. The Morgan fingerprint density at radius 3 is 2.54 bits per heavy atom. The fraction of sp³-hybridized carbons (Fsp3) is 0.150. The number of hydrogen-bond acceptors (Lipinski definition) is 4. The maximum atomic E-state index is 12.2. The van der Waals surface area contributed by atoms with Gasteiger partial charge in [0.15, 0.2) is 6.61 Å². The van der Waals surface area contributed by atoms with E-state index in [4.69, 9.17) is 4.74 Å². The molecular weight excluding hydrogens is 332 g/mol. The SMILES string of the molecule is Cc1cc(NC(=O)COc2cccc3ccccc23)c([N+](=O)[O-])cc1C. The van der Waals surface area contributed by atoms with E-state index in [1.54, 1.807) is 19.1 Å². The van der Waals surface area contributed by atoms with Crippen LogP contribution >= 0.6 is 0 Å². The van der Waals surface area contributed by atoms with Gasteiger partial charge in [-0.2, -0.15) is 0 Å². The van der Waals surface area contributed by atoms with Crippen molar-refractivity contribution in [2.75, 3.05) is 11.9 Å². The van der Waals surface area contributed by atoms with Gasteiger partial charge in [-0.05, 0) is 42.5 Å². The van der Waals surface area contributed by atoms with E-state index in [9.17, 15) is 14.9 Å². The van der Waals surface area contributed by atoms with Crippen LogP contribution in [0, 0.1) is 24.0 Å². The van der Waals surface area contributed by atoms with Gasteiger partial charge in [0.2, 0.25) is 0 Å². The number of fused-ring (bicyclic) bond motifs is 1. The normalized spacial score (nSPS) is 10.5. The molecule has 26 heavy (non-hydrogen) atoms. The highest BCUT2D eigenvalue weighted by Gasteiger charge is 2.18. The molecule has 3 aromatic rings. The molecule has 132 valence electrons. The highest BCUT2D eigenvalue weighted by molar-refractivity contribution is 5.95. The number of anilines is 1. The summed E-state index contributed by atoms with van der Waals surface area (Å²) in [6.07, 6.45) is 0. The molecule has 0 atom stereocenters. The van der Waals surface area contributed by atoms with Gasteiger partial charge in [0.25, 0.3) is 11.6 Å². The van der Waals surface area contributed by atoms with Crippen LogP contribution in [0.5, 0.6) is 5.75 Å². The van der Waals surface area contributed by atoms with Gasteiger partial charge in [0.05, 0.1) is 4.92 Å². The Balaban J connectivity index is 1.75. The number of hydrogen-bond donors (Lipinski definition) is 1. The van der Waals surface area contributed by atoms with Gasteiger partial charge in [-0.15, -0.1) is 0 Å². The number of nitro benzene ring substituents is 1. The molecule has 0 saturated heterocycles. The Morgan fingerprint density at radius 2 is 1.77 bits per heavy atom. The largest absolute Gasteiger partial charge is 0.483 e. The van der Waals surface area contributed by atoms with Crippen LogP contribution in [0.2, 0.25) is 0 Å². The average Bonchev–Trinajstić information content (AvgIpc) is 2.62. The maximum absolute atomic E-state index is 12.2. The summed E-state index contributed by atoms with van der Waals surface area (Å²) >= 11 is 0. The Bertz CT molecular complexity index is 993. The van der Waals surface area contributed by atoms with Crippen LogP contribution in [0.25, 0.3) is 10.8 Å². The molecule has 6 nitrogen and oxygen atoms in total. The number of amides is 1. The minimum atomic E-state index is -0.506. The lowest BCUT2D eigenvalue weighted by Gasteiger charge is -2.11. The molecule has 0 aliphatic rings. The molecule has 0 heterocycles. The molecule has 0 aliphatic carbocycles. The van der Waals surface area contributed by atoms with E-state index in [1.807, 2.05) is 43.3 Å². The molecule has 1 N–H and O–H groups in total. The summed E-state index contributed by atoms with van der Waals surface area (Å²) in [7, 11) is 0. The molecule has 0 saturated carbocycles. The first-order valence-corrected chi connectivity index (χ1v) is 8.12. The molecular formula is C20H18N2O4. The fourth-order valence-corrected chi connectivity index (χ4v) is 2.70. The second-order valence-electron chi connectivity index (χ2n) is 6.02. The summed E-state index contributed by atoms with van der Waals surface area (Å²) in [6.45, 7) is 3.39. The van der Waals surface area contributed by atoms with Crippen LogP contribution in [-0.2, 0) is 4.79 Å². The van der Waals surface area contributed by atoms with Gasteiger partial charge >= 0.3 is 0 Å². The molecule has 3 aromatic carbocycles. The van der Waals surface area contributed by atoms with E-state index < -0.39 is 10.8 Å². The Labute approximate surface area is 150 Å². The average molecular weight is 350 g/mol. The number of carbonyl (C=O) groups excluding carboxylic acids is 1. The van der Waals surface area contributed by atoms with Crippen LogP contribution in [0.4, 0.5) is 11.4 Å². The van der Waals surface area contributed by atoms with Crippen LogP contribution in [-0.4, -0.2) is 17.4 Å². The molecule has 0 spiro atoms. The number of ether oxygens (including phenoxy) is 1. The predicted molar refractivity (Wildman–Crippen MR) is 101 cm³/mol. The fourth-order valence-electron chi connectivity index (χ4n) is 2.70. The van der Waals surface area contributed by atoms with Crippen molar-refractivity contribution >= 4 is 28.1 Å². The summed E-state index contributed by atoms with van der Waals surface area (Å²) in [4.78, 5) is 22.9. The molecule has 0 fully saturated rings. The number of nitrogens with zero attached hydrogens (tertiary/aromatic N) is 1. The molecule has 0 unspecified atom stereocenters. The Hall–Kier alpha value is -3.41. The van der Waals surface area contributed by atoms with Gasteiger partial charge < -0.3 is 10.1 Å². The van der Waals surface area contributed by atoms with Crippen molar-refractivity contribution in [3.05, 3.63) is 75.8 Å². The zero-order chi connectivity index (χ0) is 18.7. The van der Waals surface area contributed by atoms with E-state index in [1.165, 1.54) is 6.07 Å². The van der Waals surface area contributed by atoms with Crippen LogP contribution in [0.1, 0.15) is 11.1 Å². The van der Waals surface area contributed by atoms with Gasteiger partial charge in [0.1, 0.15) is 11.4 Å². The van der Waals surface area contributed by atoms with E-state index in [0.717, 1.165) is 21.9 Å². The van der Waals surface area contributed by atoms with Crippen LogP contribution < -0.4 is 10.1 Å². The van der Waals surface area contributed by atoms with Gasteiger partial charge in [-0.25, -0.2) is 0 Å². The number of rotatable bonds is 5. The lowest BCUT2D eigenvalue weighted by molar-refractivity contribution is -0.384. The van der Waals surface area contributed by atoms with Crippen molar-refractivity contribution in [2.45, 2.75) is 13.8 Å². The number of aryl methyl sites for hydroxylation is 2. The minimum absolute atomic E-state index is 0.133. The van der Waals surface area contributed by atoms with E-state index in [-0.39, 0.29) is 18.0 Å². The van der Waals surface area contributed by atoms with Crippen molar-refractivity contribution in [2.24, 2.45) is 0 Å². The van der Waals surface area contributed by atoms with Crippen molar-refractivity contribution < 1.29 is 14.5 Å². The highest BCUT2D eigenvalue weighted by atomic mass is 16.6. The third-order valence-electron chi connectivity index (χ3n) is 4.19. The quantitative estimate of drug-likeness (QED) is 0.547. The van der Waals surface area contributed by atoms with Crippen molar-refractivity contribution in [1.82, 2.24) is 0 Å². The van der Waals surface area contributed by atoms with Crippen molar-refractivity contribution in [3.63, 3.8) is 0 Å².